The van der Waals surface area contributed by atoms with Crippen molar-refractivity contribution in [1.29, 1.82) is 0 Å². The van der Waals surface area contributed by atoms with Crippen molar-refractivity contribution in [3.05, 3.63) is 58.4 Å². The van der Waals surface area contributed by atoms with Gasteiger partial charge in [-0.1, -0.05) is 23.7 Å². The van der Waals surface area contributed by atoms with Gasteiger partial charge < -0.3 is 16.2 Å². The van der Waals surface area contributed by atoms with Gasteiger partial charge in [-0.2, -0.15) is 0 Å². The van der Waals surface area contributed by atoms with E-state index in [0.717, 1.165) is 0 Å². The van der Waals surface area contributed by atoms with Crippen molar-refractivity contribution < 1.29 is 13.9 Å². The highest BCUT2D eigenvalue weighted by molar-refractivity contribution is 6.31. The van der Waals surface area contributed by atoms with Crippen LogP contribution in [0.4, 0.5) is 15.8 Å². The molecule has 2 rings (SSSR count). The van der Waals surface area contributed by atoms with Gasteiger partial charge in [0, 0.05) is 16.9 Å². The highest BCUT2D eigenvalue weighted by Crippen LogP contribution is 2.21. The van der Waals surface area contributed by atoms with Crippen LogP contribution in [0.25, 0.3) is 0 Å². The van der Waals surface area contributed by atoms with Crippen LogP contribution in [-0.4, -0.2) is 5.97 Å². The molecule has 0 radical (unpaired) electrons. The van der Waals surface area contributed by atoms with Gasteiger partial charge in [-0.05, 0) is 24.3 Å². The maximum absolute atomic E-state index is 13.2. The molecule has 0 amide bonds. The van der Waals surface area contributed by atoms with E-state index in [1.54, 1.807) is 6.07 Å². The van der Waals surface area contributed by atoms with E-state index in [-0.39, 0.29) is 17.2 Å². The lowest BCUT2D eigenvalue weighted by molar-refractivity contribution is 0.0472. The monoisotopic (exact) mass is 294 g/mol. The average Bonchev–Trinajstić information content (AvgIpc) is 2.39. The van der Waals surface area contributed by atoms with Crippen LogP contribution in [-0.2, 0) is 11.3 Å². The summed E-state index contributed by atoms with van der Waals surface area (Å²) in [6, 6.07) is 8.72. The first-order valence-corrected chi connectivity index (χ1v) is 6.11. The van der Waals surface area contributed by atoms with Crippen LogP contribution in [0, 0.1) is 5.82 Å². The van der Waals surface area contributed by atoms with E-state index in [0.29, 0.717) is 16.9 Å². The van der Waals surface area contributed by atoms with Gasteiger partial charge in [-0.3, -0.25) is 0 Å². The molecule has 0 aliphatic carbocycles. The zero-order valence-electron chi connectivity index (χ0n) is 10.4. The van der Waals surface area contributed by atoms with Crippen LogP contribution in [0.3, 0.4) is 0 Å². The first kappa shape index (κ1) is 14.1. The molecule has 0 saturated heterocycles. The molecule has 2 aromatic rings. The Kier molecular flexibility index (Phi) is 4.10. The summed E-state index contributed by atoms with van der Waals surface area (Å²) in [5.41, 5.74) is 12.5. The number of anilines is 2. The Balaban J connectivity index is 2.10. The van der Waals surface area contributed by atoms with Crippen LogP contribution in [0.1, 0.15) is 15.9 Å². The van der Waals surface area contributed by atoms with Crippen molar-refractivity contribution in [2.24, 2.45) is 0 Å². The molecular weight excluding hydrogens is 283 g/mol. The molecule has 6 heteroatoms. The van der Waals surface area contributed by atoms with Crippen molar-refractivity contribution in [2.75, 3.05) is 11.5 Å². The molecule has 4 nitrogen and oxygen atoms in total. The predicted octanol–water partition coefficient (Wildman–Crippen LogP) is 3.00. The lowest BCUT2D eigenvalue weighted by atomic mass is 10.2. The first-order valence-electron chi connectivity index (χ1n) is 5.73. The van der Waals surface area contributed by atoms with E-state index < -0.39 is 11.8 Å². The summed E-state index contributed by atoms with van der Waals surface area (Å²) in [5.74, 6) is -1.17. The molecule has 0 heterocycles. The first-order chi connectivity index (χ1) is 9.47. The largest absolute Gasteiger partial charge is 0.457 e. The molecule has 0 bridgehead atoms. The number of halogens is 2. The Labute approximate surface area is 120 Å². The smallest absolute Gasteiger partial charge is 0.338 e. The van der Waals surface area contributed by atoms with E-state index in [1.165, 1.54) is 30.3 Å². The van der Waals surface area contributed by atoms with E-state index in [4.69, 9.17) is 27.8 Å². The number of esters is 1. The summed E-state index contributed by atoms with van der Waals surface area (Å²) < 4.78 is 18.3. The molecule has 0 atom stereocenters. The Morgan fingerprint density at radius 2 is 1.85 bits per heavy atom. The summed E-state index contributed by atoms with van der Waals surface area (Å²) in [7, 11) is 0. The summed E-state index contributed by atoms with van der Waals surface area (Å²) in [6.45, 7) is -0.135. The number of nitrogens with two attached hydrogens (primary N) is 2. The van der Waals surface area contributed by atoms with Crippen molar-refractivity contribution in [1.82, 2.24) is 0 Å². The molecule has 0 saturated carbocycles. The molecule has 20 heavy (non-hydrogen) atoms. The summed E-state index contributed by atoms with van der Waals surface area (Å²) in [4.78, 5) is 11.8. The molecule has 0 aliphatic heterocycles. The maximum atomic E-state index is 13.2. The second kappa shape index (κ2) is 5.79. The van der Waals surface area contributed by atoms with E-state index in [9.17, 15) is 9.18 Å². The normalized spacial score (nSPS) is 10.3. The van der Waals surface area contributed by atoms with E-state index in [2.05, 4.69) is 0 Å². The fraction of sp³-hybridized carbons (Fsp3) is 0.0714. The molecule has 0 spiro atoms. The minimum absolute atomic E-state index is 0.0626. The van der Waals surface area contributed by atoms with Gasteiger partial charge in [0.05, 0.1) is 10.6 Å². The minimum Gasteiger partial charge on any atom is -0.457 e. The fourth-order valence-corrected chi connectivity index (χ4v) is 1.86. The SMILES string of the molecule is Nc1cc(N)cc(C(=O)OCc2cccc(F)c2Cl)c1. The topological polar surface area (TPSA) is 78.3 Å². The molecule has 0 fully saturated rings. The highest BCUT2D eigenvalue weighted by atomic mass is 35.5. The van der Waals surface area contributed by atoms with Gasteiger partial charge in [-0.15, -0.1) is 0 Å². The third-order valence-electron chi connectivity index (χ3n) is 2.60. The quantitative estimate of drug-likeness (QED) is 0.674. The molecule has 104 valence electrons. The standard InChI is InChI=1S/C14H12ClFN2O2/c15-13-8(2-1-3-12(13)16)7-20-14(19)9-4-10(17)6-11(18)5-9/h1-6H,7,17-18H2. The molecule has 4 N–H and O–H groups in total. The number of ether oxygens (including phenoxy) is 1. The second-order valence-corrected chi connectivity index (χ2v) is 4.56. The third kappa shape index (κ3) is 3.19. The summed E-state index contributed by atoms with van der Waals surface area (Å²) in [5, 5.41) is -0.0626. The third-order valence-corrected chi connectivity index (χ3v) is 3.03. The van der Waals surface area contributed by atoms with Gasteiger partial charge in [0.25, 0.3) is 0 Å². The maximum Gasteiger partial charge on any atom is 0.338 e. The zero-order chi connectivity index (χ0) is 14.7. The van der Waals surface area contributed by atoms with Crippen molar-refractivity contribution in [2.45, 2.75) is 6.61 Å². The van der Waals surface area contributed by atoms with Crippen LogP contribution < -0.4 is 11.5 Å². The van der Waals surface area contributed by atoms with Crippen LogP contribution in [0.15, 0.2) is 36.4 Å². The molecule has 2 aromatic carbocycles. The Hall–Kier alpha value is -2.27. The second-order valence-electron chi connectivity index (χ2n) is 4.18. The molecule has 0 unspecified atom stereocenters. The van der Waals surface area contributed by atoms with Crippen LogP contribution >= 0.6 is 11.6 Å². The van der Waals surface area contributed by atoms with Crippen LogP contribution in [0.2, 0.25) is 5.02 Å². The predicted molar refractivity (Wildman–Crippen MR) is 75.8 cm³/mol. The Morgan fingerprint density at radius 1 is 1.20 bits per heavy atom. The number of hydrogen-bond donors (Lipinski definition) is 2. The minimum atomic E-state index is -0.607. The summed E-state index contributed by atoms with van der Waals surface area (Å²) in [6.07, 6.45) is 0. The molecule has 0 aromatic heterocycles. The Morgan fingerprint density at radius 3 is 2.50 bits per heavy atom. The number of benzene rings is 2. The molecular formula is C14H12ClFN2O2. The van der Waals surface area contributed by atoms with Crippen molar-refractivity contribution >= 4 is 28.9 Å². The van der Waals surface area contributed by atoms with Crippen molar-refractivity contribution in [3.63, 3.8) is 0 Å². The number of carbonyl (C=O) groups is 1. The molecule has 0 aliphatic rings. The lowest BCUT2D eigenvalue weighted by Gasteiger charge is -2.08. The number of rotatable bonds is 3. The van der Waals surface area contributed by atoms with Gasteiger partial charge in [0.2, 0.25) is 0 Å². The zero-order valence-corrected chi connectivity index (χ0v) is 11.2. The van der Waals surface area contributed by atoms with E-state index >= 15 is 0 Å². The number of hydrogen-bond acceptors (Lipinski definition) is 4. The van der Waals surface area contributed by atoms with Crippen molar-refractivity contribution in [3.8, 4) is 0 Å². The van der Waals surface area contributed by atoms with Crippen LogP contribution in [0.5, 0.6) is 0 Å². The average molecular weight is 295 g/mol. The summed E-state index contributed by atoms with van der Waals surface area (Å²) >= 11 is 5.77. The van der Waals surface area contributed by atoms with Gasteiger partial charge in [-0.25, -0.2) is 9.18 Å². The fourth-order valence-electron chi connectivity index (χ4n) is 1.68. The van der Waals surface area contributed by atoms with Gasteiger partial charge >= 0.3 is 5.97 Å². The number of carbonyl (C=O) groups excluding carboxylic acids is 1. The Bertz CT molecular complexity index is 641. The highest BCUT2D eigenvalue weighted by Gasteiger charge is 2.11. The van der Waals surface area contributed by atoms with Gasteiger partial charge in [0.15, 0.2) is 0 Å². The van der Waals surface area contributed by atoms with E-state index in [1.807, 2.05) is 0 Å². The van der Waals surface area contributed by atoms with Gasteiger partial charge in [0.1, 0.15) is 12.4 Å². The number of nitrogen functional groups attached to an aromatic ring is 2. The lowest BCUT2D eigenvalue weighted by Crippen LogP contribution is -2.07.